The fourth-order valence-corrected chi connectivity index (χ4v) is 1.40. The van der Waals surface area contributed by atoms with Crippen molar-refractivity contribution in [2.24, 2.45) is 0 Å². The highest BCUT2D eigenvalue weighted by molar-refractivity contribution is 5.68. The largest absolute Gasteiger partial charge is 0.490 e. The number of hydrogen-bond acceptors (Lipinski definition) is 5. The van der Waals surface area contributed by atoms with Gasteiger partial charge in [0, 0.05) is 0 Å². The number of carboxylic acid groups (broad SMARTS) is 1. The van der Waals surface area contributed by atoms with Crippen molar-refractivity contribution in [2.45, 2.75) is 12.8 Å². The van der Waals surface area contributed by atoms with E-state index in [2.05, 4.69) is 10.2 Å². The molecule has 1 heterocycles. The fourth-order valence-electron chi connectivity index (χ4n) is 1.40. The van der Waals surface area contributed by atoms with Crippen molar-refractivity contribution < 1.29 is 23.4 Å². The zero-order chi connectivity index (χ0) is 13.7. The number of para-hydroxylation sites is 1. The number of halogens is 1. The fraction of sp³-hybridized carbons (Fsp3) is 0.250. The van der Waals surface area contributed by atoms with Gasteiger partial charge in [0.1, 0.15) is 6.42 Å². The van der Waals surface area contributed by atoms with Gasteiger partial charge in [0.05, 0.1) is 13.0 Å². The minimum absolute atomic E-state index is 0.0355. The van der Waals surface area contributed by atoms with Crippen molar-refractivity contribution in [2.75, 3.05) is 6.61 Å². The molecule has 0 saturated heterocycles. The molecule has 7 heteroatoms. The molecule has 0 aliphatic heterocycles. The van der Waals surface area contributed by atoms with Gasteiger partial charge in [-0.2, -0.15) is 0 Å². The van der Waals surface area contributed by atoms with Crippen molar-refractivity contribution in [1.82, 2.24) is 10.2 Å². The van der Waals surface area contributed by atoms with E-state index in [0.29, 0.717) is 0 Å². The summed E-state index contributed by atoms with van der Waals surface area (Å²) in [6.07, 6.45) is -0.0396. The molecule has 0 spiro atoms. The van der Waals surface area contributed by atoms with Crippen molar-refractivity contribution in [3.63, 3.8) is 0 Å². The lowest BCUT2D eigenvalue weighted by Gasteiger charge is -2.04. The Morgan fingerprint density at radius 2 is 2.05 bits per heavy atom. The molecule has 1 aromatic heterocycles. The summed E-state index contributed by atoms with van der Waals surface area (Å²) in [7, 11) is 0. The van der Waals surface area contributed by atoms with Gasteiger partial charge in [-0.1, -0.05) is 12.1 Å². The van der Waals surface area contributed by atoms with Crippen LogP contribution in [0.2, 0.25) is 0 Å². The molecule has 0 radical (unpaired) electrons. The lowest BCUT2D eigenvalue weighted by atomic mass is 10.3. The predicted molar refractivity (Wildman–Crippen MR) is 61.2 cm³/mol. The molecule has 1 N–H and O–H groups in total. The van der Waals surface area contributed by atoms with E-state index in [9.17, 15) is 9.18 Å². The van der Waals surface area contributed by atoms with Gasteiger partial charge in [0.2, 0.25) is 11.8 Å². The average Bonchev–Trinajstić information content (AvgIpc) is 2.78. The number of carboxylic acids is 1. The Morgan fingerprint density at radius 3 is 2.79 bits per heavy atom. The molecule has 0 atom stereocenters. The molecule has 0 unspecified atom stereocenters. The lowest BCUT2D eigenvalue weighted by Crippen LogP contribution is -2.03. The molecule has 100 valence electrons. The van der Waals surface area contributed by atoms with Gasteiger partial charge in [-0.15, -0.1) is 10.2 Å². The Morgan fingerprint density at radius 1 is 1.32 bits per heavy atom. The molecule has 19 heavy (non-hydrogen) atoms. The number of hydrogen-bond donors (Lipinski definition) is 1. The smallest absolute Gasteiger partial charge is 0.312 e. The number of carbonyl (C=O) groups is 1. The maximum Gasteiger partial charge on any atom is 0.312 e. The van der Waals surface area contributed by atoms with Crippen LogP contribution in [0.5, 0.6) is 5.75 Å². The van der Waals surface area contributed by atoms with Crippen LogP contribution in [-0.2, 0) is 17.6 Å². The Balaban J connectivity index is 1.84. The van der Waals surface area contributed by atoms with Gasteiger partial charge < -0.3 is 14.3 Å². The summed E-state index contributed by atoms with van der Waals surface area (Å²) >= 11 is 0. The van der Waals surface area contributed by atoms with Crippen molar-refractivity contribution >= 4 is 5.97 Å². The third kappa shape index (κ3) is 3.77. The van der Waals surface area contributed by atoms with Gasteiger partial charge in [-0.3, -0.25) is 4.79 Å². The maximum absolute atomic E-state index is 13.2. The summed E-state index contributed by atoms with van der Waals surface area (Å²) < 4.78 is 23.5. The van der Waals surface area contributed by atoms with Gasteiger partial charge >= 0.3 is 5.97 Å². The third-order valence-corrected chi connectivity index (χ3v) is 2.22. The second-order valence-corrected chi connectivity index (χ2v) is 3.69. The van der Waals surface area contributed by atoms with Crippen LogP contribution in [0.1, 0.15) is 11.8 Å². The Labute approximate surface area is 107 Å². The predicted octanol–water partition coefficient (Wildman–Crippen LogP) is 1.46. The van der Waals surface area contributed by atoms with Crippen LogP contribution >= 0.6 is 0 Å². The Hall–Kier alpha value is -2.44. The van der Waals surface area contributed by atoms with Gasteiger partial charge in [-0.25, -0.2) is 4.39 Å². The summed E-state index contributed by atoms with van der Waals surface area (Å²) in [6, 6.07) is 6.04. The van der Waals surface area contributed by atoms with Crippen LogP contribution < -0.4 is 4.74 Å². The molecular formula is C12H11FN2O4. The molecule has 0 bridgehead atoms. The van der Waals surface area contributed by atoms with Crippen LogP contribution in [0.4, 0.5) is 4.39 Å². The normalized spacial score (nSPS) is 10.4. The number of nitrogens with zero attached hydrogens (tertiary/aromatic N) is 2. The molecule has 0 aliphatic carbocycles. The molecule has 1 aromatic carbocycles. The van der Waals surface area contributed by atoms with Gasteiger partial charge in [-0.05, 0) is 12.1 Å². The quantitative estimate of drug-likeness (QED) is 0.851. The van der Waals surface area contributed by atoms with E-state index < -0.39 is 11.8 Å². The van der Waals surface area contributed by atoms with E-state index in [0.717, 1.165) is 0 Å². The summed E-state index contributed by atoms with van der Waals surface area (Å²) in [5.41, 5.74) is 0. The third-order valence-electron chi connectivity index (χ3n) is 2.22. The van der Waals surface area contributed by atoms with Gasteiger partial charge in [0.15, 0.2) is 11.6 Å². The first-order chi connectivity index (χ1) is 9.15. The minimum atomic E-state index is -1.04. The molecular weight excluding hydrogens is 255 g/mol. The summed E-state index contributed by atoms with van der Waals surface area (Å²) in [5.74, 6) is -1.05. The number of aliphatic carboxylic acids is 1. The molecule has 2 aromatic rings. The number of rotatable bonds is 6. The first-order valence-electron chi connectivity index (χ1n) is 5.55. The summed E-state index contributed by atoms with van der Waals surface area (Å²) in [5, 5.41) is 15.8. The van der Waals surface area contributed by atoms with Crippen LogP contribution in [0.15, 0.2) is 28.7 Å². The second-order valence-electron chi connectivity index (χ2n) is 3.69. The number of benzene rings is 1. The molecule has 2 rings (SSSR count). The summed E-state index contributed by atoms with van der Waals surface area (Å²) in [6.45, 7) is 0.162. The van der Waals surface area contributed by atoms with E-state index in [1.807, 2.05) is 0 Å². The van der Waals surface area contributed by atoms with Gasteiger partial charge in [0.25, 0.3) is 0 Å². The monoisotopic (exact) mass is 266 g/mol. The lowest BCUT2D eigenvalue weighted by molar-refractivity contribution is -0.136. The number of aromatic nitrogens is 2. The average molecular weight is 266 g/mol. The zero-order valence-electron chi connectivity index (χ0n) is 9.88. The van der Waals surface area contributed by atoms with Crippen LogP contribution in [0.3, 0.4) is 0 Å². The molecule has 0 fully saturated rings. The van der Waals surface area contributed by atoms with Crippen molar-refractivity contribution in [3.05, 3.63) is 41.9 Å². The van der Waals surface area contributed by atoms with Crippen LogP contribution in [0, 0.1) is 5.82 Å². The molecule has 0 aliphatic rings. The zero-order valence-corrected chi connectivity index (χ0v) is 9.88. The van der Waals surface area contributed by atoms with Crippen molar-refractivity contribution in [3.8, 4) is 5.75 Å². The van der Waals surface area contributed by atoms with E-state index in [-0.39, 0.29) is 37.0 Å². The highest BCUT2D eigenvalue weighted by Gasteiger charge is 2.10. The van der Waals surface area contributed by atoms with Crippen LogP contribution in [0.25, 0.3) is 0 Å². The topological polar surface area (TPSA) is 85.5 Å². The maximum atomic E-state index is 13.2. The standard InChI is InChI=1S/C12H11FN2O4/c13-8-3-1-2-4-9(8)18-6-5-10-14-15-11(19-10)7-12(16)17/h1-4H,5-7H2,(H,16,17). The van der Waals surface area contributed by atoms with E-state index >= 15 is 0 Å². The van der Waals surface area contributed by atoms with E-state index in [4.69, 9.17) is 14.3 Å². The summed E-state index contributed by atoms with van der Waals surface area (Å²) in [4.78, 5) is 10.4. The Bertz CT molecular complexity index is 570. The highest BCUT2D eigenvalue weighted by Crippen LogP contribution is 2.15. The first kappa shape index (κ1) is 13.0. The number of ether oxygens (including phenoxy) is 1. The highest BCUT2D eigenvalue weighted by atomic mass is 19.1. The Kier molecular flexibility index (Phi) is 4.07. The van der Waals surface area contributed by atoms with Crippen molar-refractivity contribution in [1.29, 1.82) is 0 Å². The molecule has 0 amide bonds. The van der Waals surface area contributed by atoms with Crippen LogP contribution in [-0.4, -0.2) is 27.9 Å². The van der Waals surface area contributed by atoms with E-state index in [1.54, 1.807) is 12.1 Å². The van der Waals surface area contributed by atoms with E-state index in [1.165, 1.54) is 12.1 Å². The SMILES string of the molecule is O=C(O)Cc1nnc(CCOc2ccccc2F)o1. The minimum Gasteiger partial charge on any atom is -0.490 e. The first-order valence-corrected chi connectivity index (χ1v) is 5.55. The molecule has 0 saturated carbocycles. The second kappa shape index (κ2) is 5.94. The molecule has 6 nitrogen and oxygen atoms in total.